The Morgan fingerprint density at radius 3 is 3.08 bits per heavy atom. The number of rotatable bonds is 1. The Bertz CT molecular complexity index is 309. The monoisotopic (exact) mass is 228 g/mol. The number of benzene rings is 1. The molecule has 0 bridgehead atoms. The van der Waals surface area contributed by atoms with Gasteiger partial charge in [0.2, 0.25) is 0 Å². The van der Waals surface area contributed by atoms with E-state index < -0.39 is 0 Å². The number of ether oxygens (including phenoxy) is 2. The molecule has 0 saturated carbocycles. The molecule has 2 nitrogen and oxygen atoms in total. The summed E-state index contributed by atoms with van der Waals surface area (Å²) in [7, 11) is 1.65. The number of halogens is 1. The van der Waals surface area contributed by atoms with Gasteiger partial charge in [-0.3, -0.25) is 0 Å². The van der Waals surface area contributed by atoms with Gasteiger partial charge < -0.3 is 9.47 Å². The maximum atomic E-state index is 5.40. The van der Waals surface area contributed by atoms with Crippen LogP contribution in [0.4, 0.5) is 0 Å². The van der Waals surface area contributed by atoms with E-state index in [1.54, 1.807) is 7.11 Å². The minimum atomic E-state index is 0.787. The molecule has 12 heavy (non-hydrogen) atoms. The second kappa shape index (κ2) is 2.98. The standard InChI is InChI=1S/C9H9BrO2/c1-11-9-5-8-6(2-3-12-8)4-7(9)10/h4-5H,2-3H2,1H3. The van der Waals surface area contributed by atoms with Crippen molar-refractivity contribution in [3.63, 3.8) is 0 Å². The van der Waals surface area contributed by atoms with Gasteiger partial charge in [-0.1, -0.05) is 0 Å². The van der Waals surface area contributed by atoms with Crippen molar-refractivity contribution in [3.8, 4) is 11.5 Å². The van der Waals surface area contributed by atoms with Crippen LogP contribution in [0.5, 0.6) is 11.5 Å². The highest BCUT2D eigenvalue weighted by Gasteiger charge is 2.14. The molecule has 1 aromatic carbocycles. The maximum Gasteiger partial charge on any atom is 0.136 e. The summed E-state index contributed by atoms with van der Waals surface area (Å²) in [4.78, 5) is 0. The Balaban J connectivity index is 2.49. The highest BCUT2D eigenvalue weighted by molar-refractivity contribution is 9.10. The molecule has 0 amide bonds. The molecule has 0 saturated heterocycles. The topological polar surface area (TPSA) is 18.5 Å². The van der Waals surface area contributed by atoms with Gasteiger partial charge in [0.25, 0.3) is 0 Å². The molecule has 0 N–H and O–H groups in total. The summed E-state index contributed by atoms with van der Waals surface area (Å²) in [6.45, 7) is 0.787. The van der Waals surface area contributed by atoms with Crippen LogP contribution in [0.1, 0.15) is 5.56 Å². The summed E-state index contributed by atoms with van der Waals surface area (Å²) < 4.78 is 11.5. The van der Waals surface area contributed by atoms with E-state index in [4.69, 9.17) is 9.47 Å². The summed E-state index contributed by atoms with van der Waals surface area (Å²) in [5.41, 5.74) is 1.25. The van der Waals surface area contributed by atoms with Crippen LogP contribution in [0.25, 0.3) is 0 Å². The number of hydrogen-bond donors (Lipinski definition) is 0. The average molecular weight is 229 g/mol. The first-order chi connectivity index (χ1) is 5.81. The lowest BCUT2D eigenvalue weighted by Gasteiger charge is -2.05. The van der Waals surface area contributed by atoms with Crippen LogP contribution in [-0.2, 0) is 6.42 Å². The Morgan fingerprint density at radius 1 is 1.50 bits per heavy atom. The van der Waals surface area contributed by atoms with E-state index in [1.807, 2.05) is 6.07 Å². The van der Waals surface area contributed by atoms with Crippen LogP contribution in [0, 0.1) is 0 Å². The molecule has 0 aromatic heterocycles. The van der Waals surface area contributed by atoms with Crippen molar-refractivity contribution in [2.75, 3.05) is 13.7 Å². The van der Waals surface area contributed by atoms with Gasteiger partial charge in [0.15, 0.2) is 0 Å². The quantitative estimate of drug-likeness (QED) is 0.736. The molecule has 0 spiro atoms. The smallest absolute Gasteiger partial charge is 0.136 e. The van der Waals surface area contributed by atoms with Gasteiger partial charge >= 0.3 is 0 Å². The molecule has 0 radical (unpaired) electrons. The van der Waals surface area contributed by atoms with E-state index in [2.05, 4.69) is 22.0 Å². The lowest BCUT2D eigenvalue weighted by atomic mass is 10.2. The van der Waals surface area contributed by atoms with Gasteiger partial charge in [-0.2, -0.15) is 0 Å². The number of methoxy groups -OCH3 is 1. The van der Waals surface area contributed by atoms with Gasteiger partial charge in [-0.05, 0) is 27.6 Å². The van der Waals surface area contributed by atoms with E-state index in [0.29, 0.717) is 0 Å². The van der Waals surface area contributed by atoms with E-state index in [1.165, 1.54) is 5.56 Å². The Hall–Kier alpha value is -0.700. The highest BCUT2D eigenvalue weighted by Crippen LogP contribution is 2.35. The Kier molecular flexibility index (Phi) is 1.97. The van der Waals surface area contributed by atoms with Crippen molar-refractivity contribution in [1.82, 2.24) is 0 Å². The molecule has 1 aliphatic heterocycles. The zero-order chi connectivity index (χ0) is 8.55. The SMILES string of the molecule is COc1cc2c(cc1Br)CCO2. The van der Waals surface area contributed by atoms with Crippen LogP contribution in [0.2, 0.25) is 0 Å². The van der Waals surface area contributed by atoms with Crippen LogP contribution in [0.3, 0.4) is 0 Å². The highest BCUT2D eigenvalue weighted by atomic mass is 79.9. The summed E-state index contributed by atoms with van der Waals surface area (Å²) in [6, 6.07) is 3.98. The molecular weight excluding hydrogens is 220 g/mol. The van der Waals surface area contributed by atoms with E-state index in [-0.39, 0.29) is 0 Å². The maximum absolute atomic E-state index is 5.40. The van der Waals surface area contributed by atoms with Crippen molar-refractivity contribution in [1.29, 1.82) is 0 Å². The van der Waals surface area contributed by atoms with Crippen molar-refractivity contribution in [2.24, 2.45) is 0 Å². The second-order valence-corrected chi connectivity index (χ2v) is 3.55. The third-order valence-electron chi connectivity index (χ3n) is 1.96. The largest absolute Gasteiger partial charge is 0.495 e. The molecule has 1 aliphatic rings. The van der Waals surface area contributed by atoms with Gasteiger partial charge in [0, 0.05) is 12.5 Å². The number of fused-ring (bicyclic) bond motifs is 1. The van der Waals surface area contributed by atoms with Crippen LogP contribution < -0.4 is 9.47 Å². The third-order valence-corrected chi connectivity index (χ3v) is 2.58. The molecule has 1 aromatic rings. The normalized spacial score (nSPS) is 13.8. The fourth-order valence-electron chi connectivity index (χ4n) is 1.33. The first-order valence-electron chi connectivity index (χ1n) is 3.80. The molecule has 1 heterocycles. The molecule has 64 valence electrons. The zero-order valence-electron chi connectivity index (χ0n) is 6.76. The van der Waals surface area contributed by atoms with Crippen molar-refractivity contribution < 1.29 is 9.47 Å². The molecule has 0 fully saturated rings. The summed E-state index contributed by atoms with van der Waals surface area (Å²) in [5, 5.41) is 0. The van der Waals surface area contributed by atoms with Crippen LogP contribution in [0.15, 0.2) is 16.6 Å². The average Bonchev–Trinajstić information content (AvgIpc) is 2.49. The van der Waals surface area contributed by atoms with Gasteiger partial charge in [0.05, 0.1) is 18.2 Å². The predicted octanol–water partition coefficient (Wildman–Crippen LogP) is 2.39. The number of hydrogen-bond acceptors (Lipinski definition) is 2. The summed E-state index contributed by atoms with van der Waals surface area (Å²) in [6.07, 6.45) is 0.998. The van der Waals surface area contributed by atoms with Crippen molar-refractivity contribution in [2.45, 2.75) is 6.42 Å². The second-order valence-electron chi connectivity index (χ2n) is 2.69. The predicted molar refractivity (Wildman–Crippen MR) is 49.9 cm³/mol. The third kappa shape index (κ3) is 1.18. The van der Waals surface area contributed by atoms with Gasteiger partial charge in [0.1, 0.15) is 11.5 Å². The van der Waals surface area contributed by atoms with Crippen LogP contribution >= 0.6 is 15.9 Å². The molecule has 0 atom stereocenters. The fraction of sp³-hybridized carbons (Fsp3) is 0.333. The van der Waals surface area contributed by atoms with Crippen molar-refractivity contribution >= 4 is 15.9 Å². The van der Waals surface area contributed by atoms with Crippen LogP contribution in [-0.4, -0.2) is 13.7 Å². The molecule has 0 aliphatic carbocycles. The van der Waals surface area contributed by atoms with E-state index in [9.17, 15) is 0 Å². The van der Waals surface area contributed by atoms with E-state index in [0.717, 1.165) is 29.0 Å². The first kappa shape index (κ1) is 7.92. The molecule has 3 heteroatoms. The zero-order valence-corrected chi connectivity index (χ0v) is 8.35. The lowest BCUT2D eigenvalue weighted by molar-refractivity contribution is 0.352. The molecule has 2 rings (SSSR count). The summed E-state index contributed by atoms with van der Waals surface area (Å²) >= 11 is 3.43. The van der Waals surface area contributed by atoms with Gasteiger partial charge in [-0.15, -0.1) is 0 Å². The minimum absolute atomic E-state index is 0.787. The molecule has 0 unspecified atom stereocenters. The fourth-order valence-corrected chi connectivity index (χ4v) is 1.89. The first-order valence-corrected chi connectivity index (χ1v) is 4.60. The van der Waals surface area contributed by atoms with E-state index >= 15 is 0 Å². The van der Waals surface area contributed by atoms with Gasteiger partial charge in [-0.25, -0.2) is 0 Å². The Labute approximate surface area is 79.6 Å². The summed E-state index contributed by atoms with van der Waals surface area (Å²) in [5.74, 6) is 1.78. The lowest BCUT2D eigenvalue weighted by Crippen LogP contribution is -1.87. The van der Waals surface area contributed by atoms with Crippen molar-refractivity contribution in [3.05, 3.63) is 22.2 Å². The minimum Gasteiger partial charge on any atom is -0.495 e. The Morgan fingerprint density at radius 2 is 2.33 bits per heavy atom. The molecular formula is C9H9BrO2.